The maximum absolute atomic E-state index is 13.3. The normalized spacial score (nSPS) is 29.2. The van der Waals surface area contributed by atoms with Gasteiger partial charge in [-0.3, -0.25) is 4.79 Å². The van der Waals surface area contributed by atoms with Crippen molar-refractivity contribution in [3.05, 3.63) is 46.5 Å². The van der Waals surface area contributed by atoms with E-state index < -0.39 is 36.8 Å². The lowest BCUT2D eigenvalue weighted by Crippen LogP contribution is -2.58. The highest BCUT2D eigenvalue weighted by molar-refractivity contribution is 6.04. The number of carbonyl (C=O) groups excluding carboxylic acids is 1. The van der Waals surface area contributed by atoms with Crippen molar-refractivity contribution in [1.82, 2.24) is 0 Å². The standard InChI is InChI=1S/C24H28O9/c1-10-21(30-4)11(2)23(33-24-20(29)19(28)18(27)12(3)31-24)17-15(26)9-16(32-22(10)17)13-5-7-14(25)8-6-13/h5-8,12,16,18-20,24-25,27-29H,9H2,1-4H3/t12-,16-,18-,19-,20-,24-/m0/s1. The SMILES string of the molecule is COc1c(C)c(O[C@@H]2O[C@@H](C)[C@H](O)[C@H](O)[C@@H]2O)c2c(c1C)O[C@H](c1ccc(O)cc1)CC2=O. The number of ketones is 1. The van der Waals surface area contributed by atoms with E-state index in [1.807, 2.05) is 0 Å². The van der Waals surface area contributed by atoms with Gasteiger partial charge in [-0.05, 0) is 38.5 Å². The number of phenolic OH excluding ortho intramolecular Hbond substituents is 1. The van der Waals surface area contributed by atoms with Crippen molar-refractivity contribution in [2.75, 3.05) is 7.11 Å². The van der Waals surface area contributed by atoms with E-state index in [0.29, 0.717) is 22.6 Å². The number of fused-ring (bicyclic) bond motifs is 1. The molecule has 2 aliphatic rings. The molecule has 0 radical (unpaired) electrons. The summed E-state index contributed by atoms with van der Waals surface area (Å²) < 4.78 is 23.3. The number of benzene rings is 2. The fraction of sp³-hybridized carbons (Fsp3) is 0.458. The maximum atomic E-state index is 13.3. The van der Waals surface area contributed by atoms with Crippen LogP contribution in [0, 0.1) is 13.8 Å². The monoisotopic (exact) mass is 460 g/mol. The van der Waals surface area contributed by atoms with Gasteiger partial charge in [-0.25, -0.2) is 0 Å². The quantitative estimate of drug-likeness (QED) is 0.540. The van der Waals surface area contributed by atoms with Gasteiger partial charge in [-0.2, -0.15) is 0 Å². The van der Waals surface area contributed by atoms with E-state index in [2.05, 4.69) is 0 Å². The molecule has 0 unspecified atom stereocenters. The van der Waals surface area contributed by atoms with Crippen LogP contribution < -0.4 is 14.2 Å². The lowest BCUT2D eigenvalue weighted by atomic mass is 9.91. The summed E-state index contributed by atoms with van der Waals surface area (Å²) in [4.78, 5) is 13.3. The van der Waals surface area contributed by atoms with Crippen LogP contribution in [0.1, 0.15) is 46.5 Å². The number of aliphatic hydroxyl groups is 3. The molecule has 2 aliphatic heterocycles. The van der Waals surface area contributed by atoms with Crippen molar-refractivity contribution in [3.8, 4) is 23.0 Å². The summed E-state index contributed by atoms with van der Waals surface area (Å²) in [5.41, 5.74) is 2.05. The summed E-state index contributed by atoms with van der Waals surface area (Å²) >= 11 is 0. The number of aromatic hydroxyl groups is 1. The molecule has 2 heterocycles. The molecule has 1 saturated heterocycles. The second kappa shape index (κ2) is 8.83. The van der Waals surface area contributed by atoms with Crippen molar-refractivity contribution in [1.29, 1.82) is 0 Å². The number of methoxy groups -OCH3 is 1. The summed E-state index contributed by atoms with van der Waals surface area (Å²) in [5, 5.41) is 40.1. The molecule has 4 rings (SSSR count). The minimum atomic E-state index is -1.54. The van der Waals surface area contributed by atoms with Crippen LogP contribution in [-0.2, 0) is 4.74 Å². The van der Waals surface area contributed by atoms with Gasteiger partial charge in [0.15, 0.2) is 5.78 Å². The molecule has 0 aromatic heterocycles. The zero-order chi connectivity index (χ0) is 24.0. The summed E-state index contributed by atoms with van der Waals surface area (Å²) in [6, 6.07) is 6.44. The molecule has 0 bridgehead atoms. The summed E-state index contributed by atoms with van der Waals surface area (Å²) in [5.74, 6) is 0.735. The molecule has 0 saturated carbocycles. The number of hydrogen-bond donors (Lipinski definition) is 4. The van der Waals surface area contributed by atoms with Gasteiger partial charge in [0, 0.05) is 11.1 Å². The van der Waals surface area contributed by atoms with Crippen LogP contribution in [0.25, 0.3) is 0 Å². The molecule has 9 nitrogen and oxygen atoms in total. The van der Waals surface area contributed by atoms with Crippen LogP contribution in [0.5, 0.6) is 23.0 Å². The molecule has 1 fully saturated rings. The molecular formula is C24H28O9. The fourth-order valence-corrected chi connectivity index (χ4v) is 4.38. The lowest BCUT2D eigenvalue weighted by molar-refractivity contribution is -0.268. The topological polar surface area (TPSA) is 135 Å². The molecule has 0 amide bonds. The van der Waals surface area contributed by atoms with E-state index in [0.717, 1.165) is 5.56 Å². The van der Waals surface area contributed by atoms with Gasteiger partial charge >= 0.3 is 0 Å². The molecule has 0 spiro atoms. The summed E-state index contributed by atoms with van der Waals surface area (Å²) in [6.07, 6.45) is -6.96. The number of carbonyl (C=O) groups is 1. The smallest absolute Gasteiger partial charge is 0.229 e. The van der Waals surface area contributed by atoms with Crippen LogP contribution in [0.3, 0.4) is 0 Å². The molecule has 33 heavy (non-hydrogen) atoms. The van der Waals surface area contributed by atoms with Crippen molar-refractivity contribution < 1.29 is 44.2 Å². The molecule has 2 aromatic carbocycles. The highest BCUT2D eigenvalue weighted by atomic mass is 16.7. The van der Waals surface area contributed by atoms with Gasteiger partial charge in [0.05, 0.1) is 19.6 Å². The van der Waals surface area contributed by atoms with Crippen molar-refractivity contribution >= 4 is 5.78 Å². The van der Waals surface area contributed by atoms with E-state index in [1.54, 1.807) is 32.9 Å². The van der Waals surface area contributed by atoms with Crippen LogP contribution in [0.15, 0.2) is 24.3 Å². The van der Waals surface area contributed by atoms with E-state index >= 15 is 0 Å². The van der Waals surface area contributed by atoms with Gasteiger partial charge in [0.2, 0.25) is 6.29 Å². The maximum Gasteiger partial charge on any atom is 0.229 e. The first-order valence-corrected chi connectivity index (χ1v) is 10.7. The van der Waals surface area contributed by atoms with Gasteiger partial charge in [0.25, 0.3) is 0 Å². The van der Waals surface area contributed by atoms with Crippen LogP contribution in [0.4, 0.5) is 0 Å². The third kappa shape index (κ3) is 4.02. The number of aliphatic hydroxyl groups excluding tert-OH is 3. The lowest BCUT2D eigenvalue weighted by Gasteiger charge is -2.39. The van der Waals surface area contributed by atoms with Gasteiger partial charge < -0.3 is 39.4 Å². The molecule has 2 aromatic rings. The Kier molecular flexibility index (Phi) is 6.24. The molecule has 4 N–H and O–H groups in total. The Labute approximate surface area is 191 Å². The largest absolute Gasteiger partial charge is 0.508 e. The molecule has 0 aliphatic carbocycles. The number of rotatable bonds is 4. The first kappa shape index (κ1) is 23.3. The Morgan fingerprint density at radius 3 is 2.27 bits per heavy atom. The van der Waals surface area contributed by atoms with Crippen LogP contribution in [0.2, 0.25) is 0 Å². The summed E-state index contributed by atoms with van der Waals surface area (Å²) in [7, 11) is 1.49. The second-order valence-corrected chi connectivity index (χ2v) is 8.44. The molecule has 9 heteroatoms. The minimum Gasteiger partial charge on any atom is -0.508 e. The zero-order valence-electron chi connectivity index (χ0n) is 18.8. The third-order valence-corrected chi connectivity index (χ3v) is 6.24. The predicted molar refractivity (Wildman–Crippen MR) is 116 cm³/mol. The van der Waals surface area contributed by atoms with Crippen LogP contribution in [-0.4, -0.2) is 64.0 Å². The Bertz CT molecular complexity index is 1050. The fourth-order valence-electron chi connectivity index (χ4n) is 4.38. The number of phenols is 1. The number of ether oxygens (including phenoxy) is 4. The first-order valence-electron chi connectivity index (χ1n) is 10.7. The number of Topliss-reactive ketones (excluding diaryl/α,β-unsaturated/α-hetero) is 1. The third-order valence-electron chi connectivity index (χ3n) is 6.24. The Hall–Kier alpha value is -2.85. The molecule has 6 atom stereocenters. The minimum absolute atomic E-state index is 0.0329. The highest BCUT2D eigenvalue weighted by Gasteiger charge is 2.44. The van der Waals surface area contributed by atoms with Gasteiger partial charge in [0.1, 0.15) is 53.0 Å². The Morgan fingerprint density at radius 2 is 1.64 bits per heavy atom. The van der Waals surface area contributed by atoms with Crippen molar-refractivity contribution in [3.63, 3.8) is 0 Å². The van der Waals surface area contributed by atoms with Crippen molar-refractivity contribution in [2.45, 2.75) is 64.0 Å². The Morgan fingerprint density at radius 1 is 0.970 bits per heavy atom. The van der Waals surface area contributed by atoms with E-state index in [-0.39, 0.29) is 29.3 Å². The first-order chi connectivity index (χ1) is 15.6. The molecule has 178 valence electrons. The van der Waals surface area contributed by atoms with E-state index in [1.165, 1.54) is 19.2 Å². The van der Waals surface area contributed by atoms with Crippen molar-refractivity contribution in [2.24, 2.45) is 0 Å². The van der Waals surface area contributed by atoms with Gasteiger partial charge in [-0.1, -0.05) is 12.1 Å². The van der Waals surface area contributed by atoms with Crippen LogP contribution >= 0.6 is 0 Å². The zero-order valence-corrected chi connectivity index (χ0v) is 18.8. The number of hydrogen-bond acceptors (Lipinski definition) is 9. The summed E-state index contributed by atoms with van der Waals surface area (Å²) in [6.45, 7) is 5.03. The average molecular weight is 460 g/mol. The second-order valence-electron chi connectivity index (χ2n) is 8.44. The van der Waals surface area contributed by atoms with E-state index in [9.17, 15) is 25.2 Å². The van der Waals surface area contributed by atoms with E-state index in [4.69, 9.17) is 18.9 Å². The highest BCUT2D eigenvalue weighted by Crippen LogP contribution is 2.48. The predicted octanol–water partition coefficient (Wildman–Crippen LogP) is 1.93. The Balaban J connectivity index is 1.76. The average Bonchev–Trinajstić information content (AvgIpc) is 2.79. The van der Waals surface area contributed by atoms with Gasteiger partial charge in [-0.15, -0.1) is 0 Å². The molecular weight excluding hydrogens is 432 g/mol.